The van der Waals surface area contributed by atoms with Crippen LogP contribution in [0.15, 0.2) is 11.6 Å². The number of rotatable bonds is 7. The molecular formula is C13H19N5S. The molecule has 1 saturated carbocycles. The van der Waals surface area contributed by atoms with Gasteiger partial charge >= 0.3 is 0 Å². The van der Waals surface area contributed by atoms with Crippen LogP contribution in [0.5, 0.6) is 0 Å². The molecule has 0 saturated heterocycles. The van der Waals surface area contributed by atoms with Gasteiger partial charge in [-0.3, -0.25) is 0 Å². The number of aryl methyl sites for hydroxylation is 1. The van der Waals surface area contributed by atoms with Gasteiger partial charge in [0.15, 0.2) is 0 Å². The lowest BCUT2D eigenvalue weighted by molar-refractivity contribution is 0.637. The van der Waals surface area contributed by atoms with Crippen molar-refractivity contribution >= 4 is 11.3 Å². The van der Waals surface area contributed by atoms with E-state index in [-0.39, 0.29) is 0 Å². The van der Waals surface area contributed by atoms with Gasteiger partial charge in [0.25, 0.3) is 0 Å². The van der Waals surface area contributed by atoms with Crippen molar-refractivity contribution in [3.63, 3.8) is 0 Å². The second-order valence-corrected chi connectivity index (χ2v) is 5.99. The zero-order valence-corrected chi connectivity index (χ0v) is 12.0. The van der Waals surface area contributed by atoms with E-state index in [1.54, 1.807) is 11.3 Å². The van der Waals surface area contributed by atoms with Crippen molar-refractivity contribution in [3.05, 3.63) is 28.0 Å². The molecule has 2 aromatic rings. The minimum Gasteiger partial charge on any atom is -0.308 e. The molecule has 1 aliphatic rings. The van der Waals surface area contributed by atoms with Crippen molar-refractivity contribution in [1.82, 2.24) is 25.3 Å². The quantitative estimate of drug-likeness (QED) is 0.841. The number of hydrogen-bond acceptors (Lipinski definition) is 5. The first kappa shape index (κ1) is 12.7. The molecule has 0 spiro atoms. The molecule has 19 heavy (non-hydrogen) atoms. The Balaban J connectivity index is 1.55. The summed E-state index contributed by atoms with van der Waals surface area (Å²) in [6.45, 7) is 3.72. The fourth-order valence-corrected chi connectivity index (χ4v) is 2.84. The third-order valence-electron chi connectivity index (χ3n) is 3.12. The summed E-state index contributed by atoms with van der Waals surface area (Å²) in [6.07, 6.45) is 6.82. The van der Waals surface area contributed by atoms with Crippen LogP contribution in [-0.2, 0) is 19.5 Å². The van der Waals surface area contributed by atoms with E-state index in [1.807, 2.05) is 10.9 Å². The zero-order valence-electron chi connectivity index (χ0n) is 11.2. The molecule has 0 bridgehead atoms. The summed E-state index contributed by atoms with van der Waals surface area (Å²) in [7, 11) is 0. The smallest absolute Gasteiger partial charge is 0.0965 e. The summed E-state index contributed by atoms with van der Waals surface area (Å²) >= 11 is 1.74. The predicted molar refractivity (Wildman–Crippen MR) is 75.1 cm³/mol. The normalized spacial score (nSPS) is 15.0. The predicted octanol–water partition coefficient (Wildman–Crippen LogP) is 1.99. The van der Waals surface area contributed by atoms with E-state index in [0.29, 0.717) is 6.04 Å². The molecule has 0 atom stereocenters. The molecule has 1 aliphatic carbocycles. The molecule has 102 valence electrons. The second-order valence-electron chi connectivity index (χ2n) is 5.05. The van der Waals surface area contributed by atoms with Crippen molar-refractivity contribution in [2.45, 2.75) is 51.7 Å². The average Bonchev–Trinajstić information content (AvgIpc) is 2.97. The lowest BCUT2D eigenvalue weighted by Gasteiger charge is -1.97. The molecule has 0 amide bonds. The van der Waals surface area contributed by atoms with Gasteiger partial charge in [-0.1, -0.05) is 12.1 Å². The molecule has 2 heterocycles. The summed E-state index contributed by atoms with van der Waals surface area (Å²) in [6, 6.07) is 0.709. The molecule has 0 radical (unpaired) electrons. The van der Waals surface area contributed by atoms with E-state index in [1.165, 1.54) is 17.8 Å². The van der Waals surface area contributed by atoms with Gasteiger partial charge in [0, 0.05) is 18.0 Å². The highest BCUT2D eigenvalue weighted by molar-refractivity contribution is 7.09. The lowest BCUT2D eigenvalue weighted by atomic mass is 10.3. The van der Waals surface area contributed by atoms with E-state index in [2.05, 4.69) is 32.9 Å². The monoisotopic (exact) mass is 277 g/mol. The van der Waals surface area contributed by atoms with Crippen LogP contribution < -0.4 is 5.32 Å². The highest BCUT2D eigenvalue weighted by Crippen LogP contribution is 2.19. The number of nitrogens with zero attached hydrogens (tertiary/aromatic N) is 4. The maximum absolute atomic E-state index is 4.60. The van der Waals surface area contributed by atoms with Gasteiger partial charge in [-0.15, -0.1) is 16.4 Å². The Morgan fingerprint density at radius 1 is 1.42 bits per heavy atom. The summed E-state index contributed by atoms with van der Waals surface area (Å²) in [4.78, 5) is 4.60. The van der Waals surface area contributed by atoms with Crippen molar-refractivity contribution < 1.29 is 0 Å². The summed E-state index contributed by atoms with van der Waals surface area (Å²) in [5.41, 5.74) is 2.09. The van der Waals surface area contributed by atoms with Crippen molar-refractivity contribution in [2.24, 2.45) is 0 Å². The molecule has 1 fully saturated rings. The first-order valence-corrected chi connectivity index (χ1v) is 7.77. The first-order chi connectivity index (χ1) is 9.33. The maximum atomic E-state index is 4.60. The van der Waals surface area contributed by atoms with Crippen molar-refractivity contribution in [3.8, 4) is 0 Å². The molecule has 2 aromatic heterocycles. The second kappa shape index (κ2) is 5.79. The van der Waals surface area contributed by atoms with Gasteiger partial charge in [-0.2, -0.15) is 0 Å². The first-order valence-electron chi connectivity index (χ1n) is 6.89. The molecule has 6 heteroatoms. The average molecular weight is 277 g/mol. The van der Waals surface area contributed by atoms with E-state index < -0.39 is 0 Å². The Hall–Kier alpha value is -1.27. The van der Waals surface area contributed by atoms with E-state index >= 15 is 0 Å². The van der Waals surface area contributed by atoms with Crippen LogP contribution in [0, 0.1) is 0 Å². The third kappa shape index (κ3) is 3.61. The van der Waals surface area contributed by atoms with Gasteiger partial charge in [0.2, 0.25) is 0 Å². The molecule has 1 N–H and O–H groups in total. The zero-order chi connectivity index (χ0) is 13.1. The lowest BCUT2D eigenvalue weighted by Crippen LogP contribution is -2.15. The van der Waals surface area contributed by atoms with Crippen LogP contribution in [-0.4, -0.2) is 26.0 Å². The number of nitrogens with one attached hydrogen (secondary N) is 1. The van der Waals surface area contributed by atoms with Gasteiger partial charge in [0.1, 0.15) is 0 Å². The van der Waals surface area contributed by atoms with Gasteiger partial charge < -0.3 is 5.32 Å². The Kier molecular flexibility index (Phi) is 3.89. The van der Waals surface area contributed by atoms with Crippen molar-refractivity contribution in [2.75, 3.05) is 0 Å². The van der Waals surface area contributed by atoms with Crippen LogP contribution in [0.1, 0.15) is 42.6 Å². The summed E-state index contributed by atoms with van der Waals surface area (Å²) < 4.78 is 1.87. The molecular weight excluding hydrogens is 258 g/mol. The van der Waals surface area contributed by atoms with E-state index in [0.717, 1.165) is 37.3 Å². The standard InChI is InChI=1S/C13H19N5S/c1-2-3-13-15-12(9-19-13)8-18-7-11(16-17-18)6-14-10-4-5-10/h7,9-10,14H,2-6,8H2,1H3. The minimum absolute atomic E-state index is 0.709. The fraction of sp³-hybridized carbons (Fsp3) is 0.615. The molecule has 5 nitrogen and oxygen atoms in total. The highest BCUT2D eigenvalue weighted by Gasteiger charge is 2.20. The minimum atomic E-state index is 0.709. The number of thiazole rings is 1. The number of hydrogen-bond donors (Lipinski definition) is 1. The fourth-order valence-electron chi connectivity index (χ4n) is 1.95. The van der Waals surface area contributed by atoms with Gasteiger partial charge in [0.05, 0.1) is 29.1 Å². The van der Waals surface area contributed by atoms with Crippen LogP contribution in [0.2, 0.25) is 0 Å². The Morgan fingerprint density at radius 2 is 2.32 bits per heavy atom. The number of aromatic nitrogens is 4. The van der Waals surface area contributed by atoms with Crippen LogP contribution in [0.3, 0.4) is 0 Å². The topological polar surface area (TPSA) is 55.6 Å². The molecule has 0 aromatic carbocycles. The summed E-state index contributed by atoms with van der Waals surface area (Å²) in [5, 5.41) is 15.1. The Bertz CT molecular complexity index is 529. The van der Waals surface area contributed by atoms with Gasteiger partial charge in [-0.25, -0.2) is 9.67 Å². The molecule has 0 aliphatic heterocycles. The third-order valence-corrected chi connectivity index (χ3v) is 4.08. The van der Waals surface area contributed by atoms with Crippen LogP contribution in [0.25, 0.3) is 0 Å². The van der Waals surface area contributed by atoms with Crippen LogP contribution in [0.4, 0.5) is 0 Å². The van der Waals surface area contributed by atoms with E-state index in [9.17, 15) is 0 Å². The van der Waals surface area contributed by atoms with Crippen LogP contribution >= 0.6 is 11.3 Å². The Labute approximate surface area is 117 Å². The highest BCUT2D eigenvalue weighted by atomic mass is 32.1. The Morgan fingerprint density at radius 3 is 3.11 bits per heavy atom. The van der Waals surface area contributed by atoms with Gasteiger partial charge in [-0.05, 0) is 25.7 Å². The van der Waals surface area contributed by atoms with E-state index in [4.69, 9.17) is 0 Å². The SMILES string of the molecule is CCCc1nc(Cn2cc(CNC3CC3)nn2)cs1. The molecule has 3 rings (SSSR count). The maximum Gasteiger partial charge on any atom is 0.0965 e. The largest absolute Gasteiger partial charge is 0.308 e. The van der Waals surface area contributed by atoms with Crippen molar-refractivity contribution in [1.29, 1.82) is 0 Å². The summed E-state index contributed by atoms with van der Waals surface area (Å²) in [5.74, 6) is 0. The molecule has 0 unspecified atom stereocenters.